The largest absolute Gasteiger partial charge is 0.354 e. The van der Waals surface area contributed by atoms with Gasteiger partial charge in [0.25, 0.3) is 0 Å². The van der Waals surface area contributed by atoms with Crippen molar-refractivity contribution in [2.75, 3.05) is 13.1 Å². The molecule has 6 nitrogen and oxygen atoms in total. The molecule has 1 amide bonds. The Morgan fingerprint density at radius 3 is 2.38 bits per heavy atom. The fourth-order valence-electron chi connectivity index (χ4n) is 2.58. The minimum atomic E-state index is -3.65. The van der Waals surface area contributed by atoms with Crippen LogP contribution in [-0.2, 0) is 14.8 Å². The van der Waals surface area contributed by atoms with Gasteiger partial charge in [0.15, 0.2) is 0 Å². The third-order valence-electron chi connectivity index (χ3n) is 4.72. The summed E-state index contributed by atoms with van der Waals surface area (Å²) in [5.41, 5.74) is 5.72. The zero-order valence-electron chi connectivity index (χ0n) is 15.3. The second-order valence-corrected chi connectivity index (χ2v) is 8.27. The van der Waals surface area contributed by atoms with Crippen molar-refractivity contribution in [1.29, 1.82) is 0 Å². The molecule has 0 bridgehead atoms. The summed E-state index contributed by atoms with van der Waals surface area (Å²) in [6.07, 6.45) is 1.59. The van der Waals surface area contributed by atoms with Gasteiger partial charge in [-0.05, 0) is 35.7 Å². The third-order valence-corrected chi connectivity index (χ3v) is 6.18. The number of nitrogens with one attached hydrogen (secondary N) is 2. The third kappa shape index (κ3) is 5.27. The molecule has 4 N–H and O–H groups in total. The van der Waals surface area contributed by atoms with Crippen LogP contribution in [0.15, 0.2) is 47.4 Å². The average molecular weight is 378 g/mol. The van der Waals surface area contributed by atoms with Crippen LogP contribution >= 0.6 is 0 Å². The Balaban J connectivity index is 1.90. The molecule has 0 aromatic heterocycles. The molecule has 26 heavy (non-hydrogen) atoms. The Morgan fingerprint density at radius 2 is 1.73 bits per heavy atom. The number of sulfonamides is 1. The van der Waals surface area contributed by atoms with Gasteiger partial charge in [-0.1, -0.05) is 44.2 Å². The average Bonchev–Trinajstić information content (AvgIpc) is 2.65. The van der Waals surface area contributed by atoms with Gasteiger partial charge in [-0.25, -0.2) is 13.1 Å². The van der Waals surface area contributed by atoms with Crippen LogP contribution in [0.2, 0.25) is 0 Å². The Kier molecular flexibility index (Phi) is 6.75. The van der Waals surface area contributed by atoms with Crippen LogP contribution in [0.25, 0.3) is 10.8 Å². The lowest BCUT2D eigenvalue weighted by atomic mass is 9.94. The molecule has 0 spiro atoms. The Hall–Kier alpha value is -1.96. The molecule has 0 fully saturated rings. The second kappa shape index (κ2) is 8.62. The maximum absolute atomic E-state index is 12.4. The fourth-order valence-corrected chi connectivity index (χ4v) is 3.65. The number of carbonyl (C=O) groups excluding carboxylic acids is 1. The molecule has 0 saturated carbocycles. The topological polar surface area (TPSA) is 101 Å². The van der Waals surface area contributed by atoms with Crippen LogP contribution in [0.5, 0.6) is 0 Å². The molecule has 0 aliphatic rings. The smallest absolute Gasteiger partial charge is 0.240 e. The lowest BCUT2D eigenvalue weighted by Crippen LogP contribution is -2.49. The first-order valence-corrected chi connectivity index (χ1v) is 10.3. The molecule has 0 unspecified atom stereocenters. The van der Waals surface area contributed by atoms with Crippen LogP contribution in [-0.4, -0.2) is 33.0 Å². The summed E-state index contributed by atoms with van der Waals surface area (Å²) in [5.74, 6) is -0.220. The van der Waals surface area contributed by atoms with Gasteiger partial charge in [-0.3, -0.25) is 4.79 Å². The quantitative estimate of drug-likeness (QED) is 0.623. The molecule has 2 aromatic rings. The minimum Gasteiger partial charge on any atom is -0.354 e. The number of benzene rings is 2. The van der Waals surface area contributed by atoms with Crippen LogP contribution in [0.4, 0.5) is 0 Å². The standard InChI is InChI=1S/C19H27N3O3S/c1-3-19(20,4-2)14-21-18(23)11-12-22-26(24,25)17-10-9-15-7-5-6-8-16(15)13-17/h5-10,13,22H,3-4,11-12,14,20H2,1-2H3,(H,21,23). The predicted molar refractivity (Wildman–Crippen MR) is 104 cm³/mol. The zero-order valence-corrected chi connectivity index (χ0v) is 16.1. The van der Waals surface area contributed by atoms with Crippen molar-refractivity contribution < 1.29 is 13.2 Å². The van der Waals surface area contributed by atoms with E-state index in [1.54, 1.807) is 18.2 Å². The van der Waals surface area contributed by atoms with Crippen molar-refractivity contribution in [3.63, 3.8) is 0 Å². The number of carbonyl (C=O) groups is 1. The molecule has 0 aliphatic heterocycles. The molecule has 0 aliphatic carbocycles. The van der Waals surface area contributed by atoms with E-state index in [-0.39, 0.29) is 23.8 Å². The molecule has 0 saturated heterocycles. The SMILES string of the molecule is CCC(N)(CC)CNC(=O)CCNS(=O)(=O)c1ccc2ccccc2c1. The molecule has 0 heterocycles. The first-order valence-electron chi connectivity index (χ1n) is 8.84. The number of fused-ring (bicyclic) bond motifs is 1. The van der Waals surface area contributed by atoms with Crippen LogP contribution in [0.3, 0.4) is 0 Å². The Labute approximate surface area is 155 Å². The van der Waals surface area contributed by atoms with E-state index >= 15 is 0 Å². The van der Waals surface area contributed by atoms with Gasteiger partial charge in [-0.2, -0.15) is 0 Å². The van der Waals surface area contributed by atoms with Crippen molar-refractivity contribution >= 4 is 26.7 Å². The lowest BCUT2D eigenvalue weighted by molar-refractivity contribution is -0.121. The lowest BCUT2D eigenvalue weighted by Gasteiger charge is -2.26. The number of nitrogens with two attached hydrogens (primary N) is 1. The highest BCUT2D eigenvalue weighted by Crippen LogP contribution is 2.18. The highest BCUT2D eigenvalue weighted by atomic mass is 32.2. The summed E-state index contributed by atoms with van der Waals surface area (Å²) in [5, 5.41) is 4.60. The van der Waals surface area contributed by atoms with Gasteiger partial charge >= 0.3 is 0 Å². The maximum Gasteiger partial charge on any atom is 0.240 e. The second-order valence-electron chi connectivity index (χ2n) is 6.50. The highest BCUT2D eigenvalue weighted by molar-refractivity contribution is 7.89. The molecule has 2 aromatic carbocycles. The molecular weight excluding hydrogens is 350 g/mol. The van der Waals surface area contributed by atoms with E-state index in [0.717, 1.165) is 23.6 Å². The summed E-state index contributed by atoms with van der Waals surface area (Å²) in [6.45, 7) is 4.38. The first kappa shape index (κ1) is 20.4. The number of amides is 1. The van der Waals surface area contributed by atoms with Gasteiger partial charge < -0.3 is 11.1 Å². The van der Waals surface area contributed by atoms with Gasteiger partial charge in [-0.15, -0.1) is 0 Å². The normalized spacial score (nSPS) is 12.3. The molecule has 2 rings (SSSR count). The van der Waals surface area contributed by atoms with E-state index in [9.17, 15) is 13.2 Å². The Bertz CT molecular complexity index is 861. The maximum atomic E-state index is 12.4. The van der Waals surface area contributed by atoms with Gasteiger partial charge in [0.1, 0.15) is 0 Å². The number of hydrogen-bond acceptors (Lipinski definition) is 4. The summed E-state index contributed by atoms with van der Waals surface area (Å²) in [4.78, 5) is 12.1. The van der Waals surface area contributed by atoms with E-state index in [4.69, 9.17) is 5.73 Å². The van der Waals surface area contributed by atoms with Crippen LogP contribution in [0, 0.1) is 0 Å². The zero-order chi connectivity index (χ0) is 19.2. The first-order chi connectivity index (χ1) is 12.3. The van der Waals surface area contributed by atoms with Crippen molar-refractivity contribution in [2.45, 2.75) is 43.5 Å². The van der Waals surface area contributed by atoms with Crippen molar-refractivity contribution in [1.82, 2.24) is 10.0 Å². The molecule has 7 heteroatoms. The van der Waals surface area contributed by atoms with Gasteiger partial charge in [0.2, 0.25) is 15.9 Å². The van der Waals surface area contributed by atoms with E-state index in [2.05, 4.69) is 10.0 Å². The van der Waals surface area contributed by atoms with Crippen LogP contribution < -0.4 is 15.8 Å². The van der Waals surface area contributed by atoms with Crippen molar-refractivity contribution in [2.24, 2.45) is 5.73 Å². The summed E-state index contributed by atoms with van der Waals surface area (Å²) >= 11 is 0. The molecule has 0 atom stereocenters. The molecule has 142 valence electrons. The Morgan fingerprint density at radius 1 is 1.08 bits per heavy atom. The van der Waals surface area contributed by atoms with Crippen molar-refractivity contribution in [3.8, 4) is 0 Å². The monoisotopic (exact) mass is 377 g/mol. The van der Waals surface area contributed by atoms with Crippen molar-refractivity contribution in [3.05, 3.63) is 42.5 Å². The number of rotatable bonds is 9. The fraction of sp³-hybridized carbons (Fsp3) is 0.421. The highest BCUT2D eigenvalue weighted by Gasteiger charge is 2.21. The number of hydrogen-bond donors (Lipinski definition) is 3. The molecule has 0 radical (unpaired) electrons. The minimum absolute atomic E-state index is 0.0385. The molecular formula is C19H27N3O3S. The van der Waals surface area contributed by atoms with Crippen LogP contribution in [0.1, 0.15) is 33.1 Å². The van der Waals surface area contributed by atoms with E-state index in [1.165, 1.54) is 0 Å². The van der Waals surface area contributed by atoms with Gasteiger partial charge in [0, 0.05) is 25.0 Å². The van der Waals surface area contributed by atoms with E-state index in [0.29, 0.717) is 6.54 Å². The van der Waals surface area contributed by atoms with E-state index in [1.807, 2.05) is 38.1 Å². The summed E-state index contributed by atoms with van der Waals surface area (Å²) in [7, 11) is -3.65. The summed E-state index contributed by atoms with van der Waals surface area (Å²) < 4.78 is 27.3. The van der Waals surface area contributed by atoms with Gasteiger partial charge in [0.05, 0.1) is 4.90 Å². The predicted octanol–water partition coefficient (Wildman–Crippen LogP) is 2.14. The van der Waals surface area contributed by atoms with E-state index < -0.39 is 15.6 Å². The summed E-state index contributed by atoms with van der Waals surface area (Å²) in [6, 6.07) is 12.5.